The van der Waals surface area contributed by atoms with Crippen LogP contribution >= 0.6 is 0 Å². The second-order valence-electron chi connectivity index (χ2n) is 7.72. The van der Waals surface area contributed by atoms with Crippen molar-refractivity contribution >= 4 is 15.8 Å². The van der Waals surface area contributed by atoms with E-state index in [9.17, 15) is 8.42 Å². The Hall–Kier alpha value is -1.21. The molecule has 1 atom stereocenters. The number of hydrogen-bond acceptors (Lipinski definition) is 6. The van der Waals surface area contributed by atoms with E-state index in [1.54, 1.807) is 0 Å². The highest BCUT2D eigenvalue weighted by Crippen LogP contribution is 2.44. The summed E-state index contributed by atoms with van der Waals surface area (Å²) in [5.74, 6) is 0.700. The van der Waals surface area contributed by atoms with Gasteiger partial charge in [0.25, 0.3) is 0 Å². The van der Waals surface area contributed by atoms with Crippen LogP contribution in [-0.2, 0) is 9.84 Å². The summed E-state index contributed by atoms with van der Waals surface area (Å²) in [4.78, 5) is 9.22. The number of aromatic nitrogens is 2. The van der Waals surface area contributed by atoms with E-state index in [1.807, 2.05) is 0 Å². The predicted octanol–water partition coefficient (Wildman–Crippen LogP) is 2.73. The first kappa shape index (κ1) is 18.6. The zero-order valence-corrected chi connectivity index (χ0v) is 16.2. The Kier molecular flexibility index (Phi) is 5.63. The Bertz CT molecular complexity index is 695. The SMILES string of the molecule is CCCC1(CNc2ncc(S(C)(=O)=O)c([C@@H]3CCCNC3)n2)CCC1. The quantitative estimate of drug-likeness (QED) is 0.772. The molecule has 0 unspecified atom stereocenters. The van der Waals surface area contributed by atoms with E-state index in [0.29, 0.717) is 17.1 Å². The average molecular weight is 367 g/mol. The van der Waals surface area contributed by atoms with Crippen molar-refractivity contribution in [2.75, 3.05) is 31.2 Å². The smallest absolute Gasteiger partial charge is 0.222 e. The molecule has 3 rings (SSSR count). The first-order valence-corrected chi connectivity index (χ1v) is 11.3. The number of nitrogens with zero attached hydrogens (tertiary/aromatic N) is 2. The average Bonchev–Trinajstić information content (AvgIpc) is 2.57. The molecule has 0 aromatic carbocycles. The summed E-state index contributed by atoms with van der Waals surface area (Å²) in [5.41, 5.74) is 1.05. The summed E-state index contributed by atoms with van der Waals surface area (Å²) < 4.78 is 24.3. The van der Waals surface area contributed by atoms with Gasteiger partial charge < -0.3 is 10.6 Å². The molecule has 2 heterocycles. The van der Waals surface area contributed by atoms with E-state index in [4.69, 9.17) is 0 Å². The second-order valence-corrected chi connectivity index (χ2v) is 9.70. The van der Waals surface area contributed by atoms with Crippen LogP contribution in [0.2, 0.25) is 0 Å². The van der Waals surface area contributed by atoms with Gasteiger partial charge >= 0.3 is 0 Å². The molecule has 0 bridgehead atoms. The maximum atomic E-state index is 12.1. The highest BCUT2D eigenvalue weighted by molar-refractivity contribution is 7.90. The summed E-state index contributed by atoms with van der Waals surface area (Å²) in [6, 6.07) is 0. The lowest BCUT2D eigenvalue weighted by Gasteiger charge is -2.42. The first-order valence-electron chi connectivity index (χ1n) is 9.45. The number of piperidine rings is 1. The predicted molar refractivity (Wildman–Crippen MR) is 99.7 cm³/mol. The summed E-state index contributed by atoms with van der Waals surface area (Å²) in [6.07, 6.45) is 11.0. The van der Waals surface area contributed by atoms with Gasteiger partial charge in [-0.2, -0.15) is 0 Å². The number of hydrogen-bond donors (Lipinski definition) is 2. The fraction of sp³-hybridized carbons (Fsp3) is 0.778. The topological polar surface area (TPSA) is 84.0 Å². The maximum absolute atomic E-state index is 12.1. The maximum Gasteiger partial charge on any atom is 0.222 e. The Balaban J connectivity index is 1.81. The van der Waals surface area contributed by atoms with Crippen LogP contribution in [0.5, 0.6) is 0 Å². The van der Waals surface area contributed by atoms with Crippen molar-refractivity contribution in [1.29, 1.82) is 0 Å². The molecule has 1 aromatic rings. The highest BCUT2D eigenvalue weighted by atomic mass is 32.2. The molecule has 1 saturated heterocycles. The Morgan fingerprint density at radius 1 is 1.36 bits per heavy atom. The fourth-order valence-corrected chi connectivity index (χ4v) is 4.96. The lowest BCUT2D eigenvalue weighted by Crippen LogP contribution is -2.37. The molecule has 2 aliphatic rings. The highest BCUT2D eigenvalue weighted by Gasteiger charge is 2.36. The van der Waals surface area contributed by atoms with Crippen molar-refractivity contribution in [2.45, 2.75) is 62.7 Å². The molecule has 1 aliphatic carbocycles. The summed E-state index contributed by atoms with van der Waals surface area (Å²) in [6.45, 7) is 4.87. The van der Waals surface area contributed by atoms with Gasteiger partial charge in [-0.25, -0.2) is 18.4 Å². The summed E-state index contributed by atoms with van der Waals surface area (Å²) in [7, 11) is -3.33. The minimum absolute atomic E-state index is 0.135. The van der Waals surface area contributed by atoms with Crippen molar-refractivity contribution in [3.05, 3.63) is 11.9 Å². The van der Waals surface area contributed by atoms with Gasteiger partial charge in [0.2, 0.25) is 5.95 Å². The molecule has 1 saturated carbocycles. The van der Waals surface area contributed by atoms with Crippen molar-refractivity contribution in [3.8, 4) is 0 Å². The van der Waals surface area contributed by atoms with Gasteiger partial charge in [-0.1, -0.05) is 19.8 Å². The second kappa shape index (κ2) is 7.58. The van der Waals surface area contributed by atoms with Crippen LogP contribution in [0.4, 0.5) is 5.95 Å². The van der Waals surface area contributed by atoms with Crippen molar-refractivity contribution < 1.29 is 8.42 Å². The number of nitrogens with one attached hydrogen (secondary N) is 2. The van der Waals surface area contributed by atoms with Gasteiger partial charge in [-0.15, -0.1) is 0 Å². The molecule has 7 heteroatoms. The lowest BCUT2D eigenvalue weighted by atomic mass is 9.66. The van der Waals surface area contributed by atoms with Crippen molar-refractivity contribution in [3.63, 3.8) is 0 Å². The standard InChI is InChI=1S/C18H30N4O2S/c1-3-7-18(8-5-9-18)13-21-17-20-12-15(25(2,23)24)16(22-17)14-6-4-10-19-11-14/h12,14,19H,3-11,13H2,1-2H3,(H,20,21,22)/t14-/m1/s1. The first-order chi connectivity index (χ1) is 11.9. The van der Waals surface area contributed by atoms with Crippen molar-refractivity contribution in [2.24, 2.45) is 5.41 Å². The molecule has 140 valence electrons. The molecule has 2 fully saturated rings. The van der Waals surface area contributed by atoms with E-state index in [1.165, 1.54) is 44.6 Å². The Morgan fingerprint density at radius 2 is 2.16 bits per heavy atom. The minimum atomic E-state index is -3.33. The van der Waals surface area contributed by atoms with E-state index in [-0.39, 0.29) is 10.8 Å². The normalized spacial score (nSPS) is 23.0. The molecule has 6 nitrogen and oxygen atoms in total. The van der Waals surface area contributed by atoms with Crippen LogP contribution in [0, 0.1) is 5.41 Å². The molecular weight excluding hydrogens is 336 g/mol. The van der Waals surface area contributed by atoms with Gasteiger partial charge in [0, 0.05) is 25.3 Å². The molecular formula is C18H30N4O2S. The zero-order chi connectivity index (χ0) is 17.9. The minimum Gasteiger partial charge on any atom is -0.354 e. The van der Waals surface area contributed by atoms with Crippen LogP contribution in [0.25, 0.3) is 0 Å². The van der Waals surface area contributed by atoms with Gasteiger partial charge in [-0.3, -0.25) is 0 Å². The Labute approximate surface area is 151 Å². The monoisotopic (exact) mass is 366 g/mol. The van der Waals surface area contributed by atoms with Crippen LogP contribution in [0.3, 0.4) is 0 Å². The van der Waals surface area contributed by atoms with E-state index in [0.717, 1.165) is 32.5 Å². The van der Waals surface area contributed by atoms with Crippen LogP contribution in [0.15, 0.2) is 11.1 Å². The van der Waals surface area contributed by atoms with Crippen LogP contribution in [0.1, 0.15) is 63.5 Å². The molecule has 0 radical (unpaired) electrons. The molecule has 25 heavy (non-hydrogen) atoms. The third-order valence-electron chi connectivity index (χ3n) is 5.68. The molecule has 0 amide bonds. The van der Waals surface area contributed by atoms with Crippen LogP contribution in [-0.4, -0.2) is 44.3 Å². The number of rotatable bonds is 7. The van der Waals surface area contributed by atoms with E-state index >= 15 is 0 Å². The zero-order valence-electron chi connectivity index (χ0n) is 15.3. The third-order valence-corrected chi connectivity index (χ3v) is 6.80. The van der Waals surface area contributed by atoms with Crippen molar-refractivity contribution in [1.82, 2.24) is 15.3 Å². The van der Waals surface area contributed by atoms with E-state index in [2.05, 4.69) is 27.5 Å². The molecule has 1 aliphatic heterocycles. The number of sulfone groups is 1. The molecule has 1 aromatic heterocycles. The molecule has 0 spiro atoms. The largest absolute Gasteiger partial charge is 0.354 e. The molecule has 2 N–H and O–H groups in total. The Morgan fingerprint density at radius 3 is 2.72 bits per heavy atom. The van der Waals surface area contributed by atoms with E-state index < -0.39 is 9.84 Å². The fourth-order valence-electron chi connectivity index (χ4n) is 4.12. The van der Waals surface area contributed by atoms with Gasteiger partial charge in [0.05, 0.1) is 11.9 Å². The van der Waals surface area contributed by atoms with Gasteiger partial charge in [0.1, 0.15) is 4.90 Å². The van der Waals surface area contributed by atoms with Crippen LogP contribution < -0.4 is 10.6 Å². The van der Waals surface area contributed by atoms with Gasteiger partial charge in [0.15, 0.2) is 9.84 Å². The number of anilines is 1. The van der Waals surface area contributed by atoms with Gasteiger partial charge in [-0.05, 0) is 44.1 Å². The summed E-state index contributed by atoms with van der Waals surface area (Å²) in [5, 5.41) is 6.74. The summed E-state index contributed by atoms with van der Waals surface area (Å²) >= 11 is 0. The third kappa shape index (κ3) is 4.31. The lowest BCUT2D eigenvalue weighted by molar-refractivity contribution is 0.135.